The number of nitrogens with zero attached hydrogens (tertiary/aromatic N) is 4. The molecule has 0 aliphatic heterocycles. The van der Waals surface area contributed by atoms with Gasteiger partial charge in [0.1, 0.15) is 12.2 Å². The van der Waals surface area contributed by atoms with E-state index in [9.17, 15) is 4.79 Å². The number of rotatable bonds is 5. The van der Waals surface area contributed by atoms with Gasteiger partial charge in [-0.1, -0.05) is 11.6 Å². The van der Waals surface area contributed by atoms with Crippen LogP contribution >= 0.6 is 0 Å². The van der Waals surface area contributed by atoms with Crippen molar-refractivity contribution in [3.63, 3.8) is 0 Å². The first-order valence-electron chi connectivity index (χ1n) is 9.55. The standard InChI is InChI=1S/C21H25N5O/c1-5-26-20(22-11-23-26)19(15-6-7-15)25-21(27)17-10-14(4)24-18-13(3)8-12(2)9-16(17)18/h8-11,15,19H,5-7H2,1-4H3,(H,25,27)/t19-/m0/s1. The summed E-state index contributed by atoms with van der Waals surface area (Å²) in [5.74, 6) is 1.20. The monoisotopic (exact) mass is 363 g/mol. The van der Waals surface area contributed by atoms with Crippen LogP contribution in [0.2, 0.25) is 0 Å². The molecule has 6 heteroatoms. The van der Waals surface area contributed by atoms with Crippen molar-refractivity contribution in [1.29, 1.82) is 0 Å². The maximum absolute atomic E-state index is 13.3. The van der Waals surface area contributed by atoms with Crippen molar-refractivity contribution < 1.29 is 4.79 Å². The number of pyridine rings is 1. The molecule has 1 atom stereocenters. The molecule has 0 spiro atoms. The summed E-state index contributed by atoms with van der Waals surface area (Å²) in [6, 6.07) is 5.93. The number of carbonyl (C=O) groups excluding carboxylic acids is 1. The molecule has 1 N–H and O–H groups in total. The Kier molecular flexibility index (Phi) is 4.42. The Morgan fingerprint density at radius 1 is 1.26 bits per heavy atom. The molecule has 1 saturated carbocycles. The SMILES string of the molecule is CCn1ncnc1[C@@H](NC(=O)c1cc(C)nc2c(C)cc(C)cc12)C1CC1. The van der Waals surface area contributed by atoms with Crippen LogP contribution in [0.5, 0.6) is 0 Å². The summed E-state index contributed by atoms with van der Waals surface area (Å²) < 4.78 is 1.87. The fourth-order valence-electron chi connectivity index (χ4n) is 3.80. The second kappa shape index (κ2) is 6.76. The molecule has 0 saturated heterocycles. The molecular formula is C21H25N5O. The van der Waals surface area contributed by atoms with E-state index in [4.69, 9.17) is 0 Å². The fourth-order valence-corrected chi connectivity index (χ4v) is 3.80. The molecule has 2 heterocycles. The highest BCUT2D eigenvalue weighted by atomic mass is 16.1. The van der Waals surface area contributed by atoms with Gasteiger partial charge in [-0.15, -0.1) is 0 Å². The van der Waals surface area contributed by atoms with Crippen LogP contribution in [0.15, 0.2) is 24.5 Å². The zero-order valence-electron chi connectivity index (χ0n) is 16.3. The highest BCUT2D eigenvalue weighted by molar-refractivity contribution is 6.07. The number of carbonyl (C=O) groups is 1. The highest BCUT2D eigenvalue weighted by Gasteiger charge is 2.36. The molecule has 2 aromatic heterocycles. The maximum atomic E-state index is 13.3. The van der Waals surface area contributed by atoms with E-state index in [1.54, 1.807) is 6.33 Å². The minimum absolute atomic E-state index is 0.0712. The molecule has 1 aliphatic rings. The smallest absolute Gasteiger partial charge is 0.252 e. The first kappa shape index (κ1) is 17.6. The van der Waals surface area contributed by atoms with Gasteiger partial charge in [0.25, 0.3) is 5.91 Å². The molecule has 140 valence electrons. The molecule has 3 aromatic rings. The lowest BCUT2D eigenvalue weighted by molar-refractivity contribution is 0.0930. The zero-order chi connectivity index (χ0) is 19.1. The van der Waals surface area contributed by atoms with E-state index in [2.05, 4.69) is 26.4 Å². The lowest BCUT2D eigenvalue weighted by atomic mass is 10.0. The third-order valence-corrected chi connectivity index (χ3v) is 5.22. The summed E-state index contributed by atoms with van der Waals surface area (Å²) >= 11 is 0. The quantitative estimate of drug-likeness (QED) is 0.751. The lowest BCUT2D eigenvalue weighted by Gasteiger charge is -2.19. The summed E-state index contributed by atoms with van der Waals surface area (Å²) in [5.41, 5.74) is 4.64. The molecule has 6 nitrogen and oxygen atoms in total. The van der Waals surface area contributed by atoms with E-state index >= 15 is 0 Å². The Hall–Kier alpha value is -2.76. The van der Waals surface area contributed by atoms with Gasteiger partial charge in [0.05, 0.1) is 17.1 Å². The van der Waals surface area contributed by atoms with Crippen molar-refractivity contribution in [3.8, 4) is 0 Å². The molecule has 4 rings (SSSR count). The van der Waals surface area contributed by atoms with Gasteiger partial charge in [-0.3, -0.25) is 9.78 Å². The molecule has 1 aromatic carbocycles. The maximum Gasteiger partial charge on any atom is 0.252 e. The number of hydrogen-bond donors (Lipinski definition) is 1. The normalized spacial score (nSPS) is 15.1. The number of aromatic nitrogens is 4. The summed E-state index contributed by atoms with van der Waals surface area (Å²) in [5, 5.41) is 8.42. The zero-order valence-corrected chi connectivity index (χ0v) is 16.3. The number of aryl methyl sites for hydroxylation is 4. The minimum atomic E-state index is -0.102. The average Bonchev–Trinajstić information content (AvgIpc) is 3.36. The van der Waals surface area contributed by atoms with Crippen molar-refractivity contribution in [3.05, 3.63) is 52.7 Å². The molecule has 0 radical (unpaired) electrons. The van der Waals surface area contributed by atoms with Crippen LogP contribution in [0.3, 0.4) is 0 Å². The van der Waals surface area contributed by atoms with E-state index in [1.807, 2.05) is 44.5 Å². The van der Waals surface area contributed by atoms with Crippen LogP contribution in [0.1, 0.15) is 58.8 Å². The van der Waals surface area contributed by atoms with Gasteiger partial charge in [-0.05, 0) is 64.2 Å². The Morgan fingerprint density at radius 3 is 2.74 bits per heavy atom. The van der Waals surface area contributed by atoms with E-state index in [-0.39, 0.29) is 11.9 Å². The molecule has 0 bridgehead atoms. The molecule has 1 aliphatic carbocycles. The first-order chi connectivity index (χ1) is 13.0. The minimum Gasteiger partial charge on any atom is -0.342 e. The van der Waals surface area contributed by atoms with E-state index in [0.29, 0.717) is 11.5 Å². The van der Waals surface area contributed by atoms with Crippen molar-refractivity contribution in [1.82, 2.24) is 25.1 Å². The van der Waals surface area contributed by atoms with Gasteiger partial charge in [0.2, 0.25) is 0 Å². The summed E-state index contributed by atoms with van der Waals surface area (Å²) in [6.07, 6.45) is 3.78. The van der Waals surface area contributed by atoms with Gasteiger partial charge >= 0.3 is 0 Å². The third kappa shape index (κ3) is 3.31. The lowest BCUT2D eigenvalue weighted by Crippen LogP contribution is -2.32. The van der Waals surface area contributed by atoms with Crippen LogP contribution in [0.25, 0.3) is 10.9 Å². The predicted octanol–water partition coefficient (Wildman–Crippen LogP) is 3.65. The largest absolute Gasteiger partial charge is 0.342 e. The number of nitrogens with one attached hydrogen (secondary N) is 1. The average molecular weight is 363 g/mol. The molecular weight excluding hydrogens is 338 g/mol. The highest BCUT2D eigenvalue weighted by Crippen LogP contribution is 2.40. The first-order valence-corrected chi connectivity index (χ1v) is 9.55. The van der Waals surface area contributed by atoms with Crippen LogP contribution < -0.4 is 5.32 Å². The van der Waals surface area contributed by atoms with E-state index < -0.39 is 0 Å². The Balaban J connectivity index is 1.74. The summed E-state index contributed by atoms with van der Waals surface area (Å²) in [4.78, 5) is 22.4. The van der Waals surface area contributed by atoms with Crippen molar-refractivity contribution >= 4 is 16.8 Å². The number of hydrogen-bond acceptors (Lipinski definition) is 4. The van der Waals surface area contributed by atoms with E-state index in [1.165, 1.54) is 0 Å². The topological polar surface area (TPSA) is 72.7 Å². The second-order valence-corrected chi connectivity index (χ2v) is 7.51. The fraction of sp³-hybridized carbons (Fsp3) is 0.429. The third-order valence-electron chi connectivity index (χ3n) is 5.22. The van der Waals surface area contributed by atoms with Gasteiger partial charge in [0, 0.05) is 17.6 Å². The summed E-state index contributed by atoms with van der Waals surface area (Å²) in [7, 11) is 0. The number of amides is 1. The Labute approximate surface area is 159 Å². The Bertz CT molecular complexity index is 1020. The van der Waals surface area contributed by atoms with Crippen LogP contribution in [-0.2, 0) is 6.54 Å². The number of benzene rings is 1. The van der Waals surface area contributed by atoms with E-state index in [0.717, 1.165) is 52.9 Å². The van der Waals surface area contributed by atoms with Crippen LogP contribution in [0, 0.1) is 26.7 Å². The molecule has 1 amide bonds. The van der Waals surface area contributed by atoms with Gasteiger partial charge in [-0.2, -0.15) is 5.10 Å². The van der Waals surface area contributed by atoms with Gasteiger partial charge in [0.15, 0.2) is 0 Å². The van der Waals surface area contributed by atoms with Crippen molar-refractivity contribution in [2.45, 2.75) is 53.1 Å². The van der Waals surface area contributed by atoms with Crippen molar-refractivity contribution in [2.24, 2.45) is 5.92 Å². The van der Waals surface area contributed by atoms with Crippen LogP contribution in [-0.4, -0.2) is 25.7 Å². The number of fused-ring (bicyclic) bond motifs is 1. The molecule has 1 fully saturated rings. The Morgan fingerprint density at radius 2 is 2.04 bits per heavy atom. The van der Waals surface area contributed by atoms with Crippen LogP contribution in [0.4, 0.5) is 0 Å². The van der Waals surface area contributed by atoms with Gasteiger partial charge in [-0.25, -0.2) is 9.67 Å². The second-order valence-electron chi connectivity index (χ2n) is 7.51. The summed E-state index contributed by atoms with van der Waals surface area (Å²) in [6.45, 7) is 8.80. The molecule has 0 unspecified atom stereocenters. The van der Waals surface area contributed by atoms with Crippen molar-refractivity contribution in [2.75, 3.05) is 0 Å². The molecule has 27 heavy (non-hydrogen) atoms. The predicted molar refractivity (Wildman–Crippen MR) is 105 cm³/mol. The van der Waals surface area contributed by atoms with Gasteiger partial charge < -0.3 is 5.32 Å².